The highest BCUT2D eigenvalue weighted by Crippen LogP contribution is 2.51. The van der Waals surface area contributed by atoms with Gasteiger partial charge in [-0.3, -0.25) is 4.90 Å². The van der Waals surface area contributed by atoms with Crippen LogP contribution >= 0.6 is 23.4 Å². The average molecular weight is 357 g/mol. The van der Waals surface area contributed by atoms with E-state index < -0.39 is 0 Å². The molecule has 2 amide bonds. The van der Waals surface area contributed by atoms with Crippen molar-refractivity contribution in [2.75, 3.05) is 10.2 Å². The Kier molecular flexibility index (Phi) is 3.96. The summed E-state index contributed by atoms with van der Waals surface area (Å²) in [7, 11) is 0. The zero-order valence-corrected chi connectivity index (χ0v) is 14.1. The zero-order valence-electron chi connectivity index (χ0n) is 12.5. The van der Waals surface area contributed by atoms with Crippen molar-refractivity contribution in [2.45, 2.75) is 10.3 Å². The highest BCUT2D eigenvalue weighted by atomic mass is 35.5. The summed E-state index contributed by atoms with van der Waals surface area (Å²) in [6, 6.07) is 18.4. The molecule has 6 heteroatoms. The normalized spacial score (nSPS) is 16.0. The number of halogens is 1. The third-order valence-electron chi connectivity index (χ3n) is 3.70. The summed E-state index contributed by atoms with van der Waals surface area (Å²) in [5.41, 5.74) is 1.56. The first-order chi connectivity index (χ1) is 11.7. The molecule has 3 aromatic rings. The van der Waals surface area contributed by atoms with Crippen molar-refractivity contribution in [3.05, 3.63) is 77.7 Å². The number of hydrogen-bond donors (Lipinski definition) is 1. The monoisotopic (exact) mass is 356 g/mol. The minimum absolute atomic E-state index is 0.212. The van der Waals surface area contributed by atoms with E-state index in [1.54, 1.807) is 47.2 Å². The quantitative estimate of drug-likeness (QED) is 0.633. The number of anilines is 2. The lowest BCUT2D eigenvalue weighted by molar-refractivity contribution is 0.256. The minimum atomic E-state index is -0.232. The number of thioether (sulfide) groups is 1. The van der Waals surface area contributed by atoms with E-state index in [1.807, 2.05) is 36.4 Å². The lowest BCUT2D eigenvalue weighted by Crippen LogP contribution is -2.34. The standard InChI is InChI=1S/C18H13ClN2O2S/c19-12-7-9-13(10-8-12)20-18(22)21-14-4-1-2-6-16(14)24-17(21)15-5-3-11-23-15/h1-11,17H,(H,20,22). The van der Waals surface area contributed by atoms with Gasteiger partial charge in [0.05, 0.1) is 12.0 Å². The van der Waals surface area contributed by atoms with Gasteiger partial charge in [-0.05, 0) is 48.5 Å². The van der Waals surface area contributed by atoms with Gasteiger partial charge in [-0.25, -0.2) is 4.79 Å². The van der Waals surface area contributed by atoms with Crippen molar-refractivity contribution in [2.24, 2.45) is 0 Å². The number of urea groups is 1. The van der Waals surface area contributed by atoms with Crippen LogP contribution in [0.25, 0.3) is 0 Å². The molecule has 1 aromatic heterocycles. The molecule has 120 valence electrons. The van der Waals surface area contributed by atoms with E-state index in [2.05, 4.69) is 5.32 Å². The van der Waals surface area contributed by atoms with Crippen LogP contribution in [0.2, 0.25) is 5.02 Å². The maximum absolute atomic E-state index is 12.9. The van der Waals surface area contributed by atoms with E-state index in [0.717, 1.165) is 16.3 Å². The molecule has 2 aromatic carbocycles. The van der Waals surface area contributed by atoms with Gasteiger partial charge in [0.25, 0.3) is 0 Å². The van der Waals surface area contributed by atoms with Gasteiger partial charge in [0, 0.05) is 15.6 Å². The molecule has 1 atom stereocenters. The summed E-state index contributed by atoms with van der Waals surface area (Å²) < 4.78 is 5.54. The highest BCUT2D eigenvalue weighted by Gasteiger charge is 2.37. The molecule has 4 nitrogen and oxygen atoms in total. The number of furan rings is 1. The van der Waals surface area contributed by atoms with Crippen LogP contribution in [0, 0.1) is 0 Å². The van der Waals surface area contributed by atoms with Crippen LogP contribution in [-0.4, -0.2) is 6.03 Å². The number of para-hydroxylation sites is 1. The number of rotatable bonds is 2. The third-order valence-corrected chi connectivity index (χ3v) is 5.22. The van der Waals surface area contributed by atoms with Gasteiger partial charge >= 0.3 is 6.03 Å². The number of carbonyl (C=O) groups excluding carboxylic acids is 1. The molecule has 0 radical (unpaired) electrons. The molecule has 2 heterocycles. The fourth-order valence-electron chi connectivity index (χ4n) is 2.61. The molecule has 24 heavy (non-hydrogen) atoms. The molecule has 0 saturated heterocycles. The van der Waals surface area contributed by atoms with Gasteiger partial charge in [0.2, 0.25) is 0 Å². The van der Waals surface area contributed by atoms with Crippen LogP contribution in [-0.2, 0) is 0 Å². The first kappa shape index (κ1) is 15.2. The molecule has 1 unspecified atom stereocenters. The summed E-state index contributed by atoms with van der Waals surface area (Å²) in [5, 5.41) is 3.31. The summed E-state index contributed by atoms with van der Waals surface area (Å²) in [6.45, 7) is 0. The van der Waals surface area contributed by atoms with Crippen molar-refractivity contribution in [3.63, 3.8) is 0 Å². The molecule has 1 aliphatic rings. The van der Waals surface area contributed by atoms with Crippen LogP contribution in [0.5, 0.6) is 0 Å². The van der Waals surface area contributed by atoms with E-state index in [0.29, 0.717) is 10.7 Å². The summed E-state index contributed by atoms with van der Waals surface area (Å²) in [6.07, 6.45) is 1.62. The molecule has 0 spiro atoms. The lowest BCUT2D eigenvalue weighted by atomic mass is 10.2. The SMILES string of the molecule is O=C(Nc1ccc(Cl)cc1)N1c2ccccc2SC1c1ccco1. The maximum atomic E-state index is 12.9. The van der Waals surface area contributed by atoms with Gasteiger partial charge in [-0.1, -0.05) is 35.5 Å². The fraction of sp³-hybridized carbons (Fsp3) is 0.0556. The number of nitrogens with one attached hydrogen (secondary N) is 1. The Morgan fingerprint density at radius 1 is 1.08 bits per heavy atom. The van der Waals surface area contributed by atoms with E-state index in [-0.39, 0.29) is 11.4 Å². The molecule has 0 fully saturated rings. The van der Waals surface area contributed by atoms with Crippen LogP contribution in [0.1, 0.15) is 11.1 Å². The van der Waals surface area contributed by atoms with Gasteiger partial charge in [-0.15, -0.1) is 0 Å². The smallest absolute Gasteiger partial charge is 0.327 e. The Morgan fingerprint density at radius 3 is 2.62 bits per heavy atom. The van der Waals surface area contributed by atoms with E-state index in [4.69, 9.17) is 16.0 Å². The number of carbonyl (C=O) groups is 1. The maximum Gasteiger partial charge on any atom is 0.327 e. The van der Waals surface area contributed by atoms with Crippen molar-refractivity contribution in [1.82, 2.24) is 0 Å². The summed E-state index contributed by atoms with van der Waals surface area (Å²) in [4.78, 5) is 15.7. The van der Waals surface area contributed by atoms with Gasteiger partial charge in [-0.2, -0.15) is 0 Å². The van der Waals surface area contributed by atoms with Gasteiger partial charge in [0.1, 0.15) is 11.1 Å². The van der Waals surface area contributed by atoms with Crippen LogP contribution in [0.4, 0.5) is 16.2 Å². The van der Waals surface area contributed by atoms with Crippen molar-refractivity contribution in [3.8, 4) is 0 Å². The molecule has 1 N–H and O–H groups in total. The average Bonchev–Trinajstić information content (AvgIpc) is 3.23. The summed E-state index contributed by atoms with van der Waals surface area (Å²) >= 11 is 7.49. The number of benzene rings is 2. The molecule has 1 aliphatic heterocycles. The van der Waals surface area contributed by atoms with Crippen molar-refractivity contribution < 1.29 is 9.21 Å². The molecule has 4 rings (SSSR count). The Morgan fingerprint density at radius 2 is 1.88 bits per heavy atom. The number of fused-ring (bicyclic) bond motifs is 1. The molecule has 0 aliphatic carbocycles. The predicted octanol–water partition coefficient (Wildman–Crippen LogP) is 5.78. The third kappa shape index (κ3) is 2.77. The van der Waals surface area contributed by atoms with Crippen LogP contribution < -0.4 is 10.2 Å². The second-order valence-corrected chi connectivity index (χ2v) is 6.82. The predicted molar refractivity (Wildman–Crippen MR) is 96.7 cm³/mol. The Labute approximate surface area is 148 Å². The van der Waals surface area contributed by atoms with Crippen LogP contribution in [0.3, 0.4) is 0 Å². The van der Waals surface area contributed by atoms with Gasteiger partial charge in [0.15, 0.2) is 0 Å². The Hall–Kier alpha value is -2.37. The minimum Gasteiger partial charge on any atom is -0.466 e. The highest BCUT2D eigenvalue weighted by molar-refractivity contribution is 8.00. The van der Waals surface area contributed by atoms with E-state index in [9.17, 15) is 4.79 Å². The summed E-state index contributed by atoms with van der Waals surface area (Å²) in [5.74, 6) is 0.738. The second-order valence-electron chi connectivity index (χ2n) is 5.26. The number of nitrogens with zero attached hydrogens (tertiary/aromatic N) is 1. The first-order valence-corrected chi connectivity index (χ1v) is 8.63. The Balaban J connectivity index is 1.66. The second kappa shape index (κ2) is 6.26. The number of amides is 2. The van der Waals surface area contributed by atoms with Crippen LogP contribution in [0.15, 0.2) is 76.2 Å². The van der Waals surface area contributed by atoms with E-state index >= 15 is 0 Å². The molecular weight excluding hydrogens is 344 g/mol. The zero-order chi connectivity index (χ0) is 16.5. The lowest BCUT2D eigenvalue weighted by Gasteiger charge is -2.23. The first-order valence-electron chi connectivity index (χ1n) is 7.37. The van der Waals surface area contributed by atoms with Gasteiger partial charge < -0.3 is 9.73 Å². The number of hydrogen-bond acceptors (Lipinski definition) is 3. The topological polar surface area (TPSA) is 45.5 Å². The Bertz CT molecular complexity index is 865. The van der Waals surface area contributed by atoms with E-state index in [1.165, 1.54) is 0 Å². The molecule has 0 saturated carbocycles. The largest absolute Gasteiger partial charge is 0.466 e. The van der Waals surface area contributed by atoms with Crippen molar-refractivity contribution >= 4 is 40.8 Å². The molecular formula is C18H13ClN2O2S. The fourth-order valence-corrected chi connectivity index (χ4v) is 3.98. The molecule has 0 bridgehead atoms. The van der Waals surface area contributed by atoms with Crippen molar-refractivity contribution in [1.29, 1.82) is 0 Å².